The number of aryl methyl sites for hydroxylation is 2. The van der Waals surface area contributed by atoms with E-state index in [-0.39, 0.29) is 12.5 Å². The predicted octanol–water partition coefficient (Wildman–Crippen LogP) is 2.40. The van der Waals surface area contributed by atoms with Gasteiger partial charge >= 0.3 is 11.8 Å². The molecule has 0 spiro atoms. The lowest BCUT2D eigenvalue weighted by Crippen LogP contribution is -2.38. The Morgan fingerprint density at radius 3 is 2.22 bits per heavy atom. The Morgan fingerprint density at radius 2 is 1.70 bits per heavy atom. The summed E-state index contributed by atoms with van der Waals surface area (Å²) < 4.78 is 0. The van der Waals surface area contributed by atoms with Gasteiger partial charge in [-0.3, -0.25) is 9.59 Å². The molecule has 0 heterocycles. The summed E-state index contributed by atoms with van der Waals surface area (Å²) in [5.74, 6) is -0.649. The van der Waals surface area contributed by atoms with Gasteiger partial charge in [0, 0.05) is 18.8 Å². The number of nitrogens with one attached hydrogen (secondary N) is 2. The quantitative estimate of drug-likeness (QED) is 0.675. The van der Waals surface area contributed by atoms with E-state index in [1.54, 1.807) is 0 Å². The van der Waals surface area contributed by atoms with Crippen LogP contribution in [0, 0.1) is 25.7 Å². The van der Waals surface area contributed by atoms with E-state index >= 15 is 0 Å². The van der Waals surface area contributed by atoms with E-state index in [4.69, 9.17) is 5.11 Å². The number of rotatable bonds is 7. The van der Waals surface area contributed by atoms with Crippen molar-refractivity contribution in [2.45, 2.75) is 40.5 Å². The highest BCUT2D eigenvalue weighted by Crippen LogP contribution is 2.15. The molecular weight excluding hydrogens is 292 g/mol. The average molecular weight is 320 g/mol. The summed E-state index contributed by atoms with van der Waals surface area (Å²) in [5, 5.41) is 14.4. The van der Waals surface area contributed by atoms with Gasteiger partial charge in [-0.1, -0.05) is 19.9 Å². The summed E-state index contributed by atoms with van der Waals surface area (Å²) in [6.07, 6.45) is 1.52. The maximum atomic E-state index is 12.0. The van der Waals surface area contributed by atoms with E-state index < -0.39 is 11.8 Å². The molecule has 1 aromatic rings. The second-order valence-corrected chi connectivity index (χ2v) is 6.55. The zero-order valence-electron chi connectivity index (χ0n) is 14.5. The van der Waals surface area contributed by atoms with Crippen LogP contribution in [0.1, 0.15) is 37.8 Å². The highest BCUT2D eigenvalue weighted by molar-refractivity contribution is 6.39. The molecule has 5 heteroatoms. The maximum absolute atomic E-state index is 12.0. The van der Waals surface area contributed by atoms with Crippen LogP contribution in [0.15, 0.2) is 18.2 Å². The van der Waals surface area contributed by atoms with Crippen LogP contribution >= 0.6 is 0 Å². The number of anilines is 1. The summed E-state index contributed by atoms with van der Waals surface area (Å²) in [4.78, 5) is 23.9. The Kier molecular flexibility index (Phi) is 7.75. The summed E-state index contributed by atoms with van der Waals surface area (Å²) in [6, 6.07) is 5.65. The lowest BCUT2D eigenvalue weighted by atomic mass is 9.94. The molecule has 0 saturated carbocycles. The first kappa shape index (κ1) is 19.2. The normalized spacial score (nSPS) is 12.1. The van der Waals surface area contributed by atoms with Crippen LogP contribution in [-0.2, 0) is 9.59 Å². The molecule has 0 bridgehead atoms. The van der Waals surface area contributed by atoms with Crippen LogP contribution in [0.4, 0.5) is 5.69 Å². The van der Waals surface area contributed by atoms with Crippen molar-refractivity contribution < 1.29 is 14.7 Å². The fraction of sp³-hybridized carbons (Fsp3) is 0.556. The third-order valence-electron chi connectivity index (χ3n) is 3.58. The van der Waals surface area contributed by atoms with Crippen molar-refractivity contribution >= 4 is 17.5 Å². The number of amides is 2. The van der Waals surface area contributed by atoms with E-state index in [2.05, 4.69) is 24.5 Å². The lowest BCUT2D eigenvalue weighted by molar-refractivity contribution is -0.136. The van der Waals surface area contributed by atoms with Gasteiger partial charge in [0.25, 0.3) is 0 Å². The minimum Gasteiger partial charge on any atom is -0.396 e. The molecule has 0 aliphatic rings. The molecule has 1 atom stereocenters. The van der Waals surface area contributed by atoms with Gasteiger partial charge < -0.3 is 15.7 Å². The first-order chi connectivity index (χ1) is 10.8. The van der Waals surface area contributed by atoms with Crippen molar-refractivity contribution in [3.8, 4) is 0 Å². The van der Waals surface area contributed by atoms with Gasteiger partial charge in [0.05, 0.1) is 0 Å². The predicted molar refractivity (Wildman–Crippen MR) is 92.2 cm³/mol. The fourth-order valence-corrected chi connectivity index (χ4v) is 2.70. The largest absolute Gasteiger partial charge is 0.396 e. The van der Waals surface area contributed by atoms with Crippen LogP contribution in [0.5, 0.6) is 0 Å². The van der Waals surface area contributed by atoms with Crippen molar-refractivity contribution in [2.75, 3.05) is 18.5 Å². The molecule has 0 aliphatic heterocycles. The molecule has 5 nitrogen and oxygen atoms in total. The molecule has 0 aromatic heterocycles. The number of carbonyl (C=O) groups excluding carboxylic acids is 2. The van der Waals surface area contributed by atoms with Crippen molar-refractivity contribution in [1.82, 2.24) is 5.32 Å². The number of hydrogen-bond donors (Lipinski definition) is 3. The maximum Gasteiger partial charge on any atom is 0.313 e. The van der Waals surface area contributed by atoms with Gasteiger partial charge in [0.15, 0.2) is 0 Å². The molecule has 0 fully saturated rings. The Balaban J connectivity index is 2.54. The van der Waals surface area contributed by atoms with E-state index in [9.17, 15) is 9.59 Å². The minimum absolute atomic E-state index is 0.0853. The SMILES string of the molecule is Cc1cc(C)cc(NC(=O)C(=O)NCC(CCO)CC(C)C)c1. The average Bonchev–Trinajstić information content (AvgIpc) is 2.42. The van der Waals surface area contributed by atoms with Crippen molar-refractivity contribution in [1.29, 1.82) is 0 Å². The van der Waals surface area contributed by atoms with Crippen molar-refractivity contribution in [3.05, 3.63) is 29.3 Å². The van der Waals surface area contributed by atoms with Crippen LogP contribution in [-0.4, -0.2) is 30.1 Å². The van der Waals surface area contributed by atoms with E-state index in [0.717, 1.165) is 17.5 Å². The molecular formula is C18H28N2O3. The van der Waals surface area contributed by atoms with Crippen molar-refractivity contribution in [2.24, 2.45) is 11.8 Å². The number of aliphatic hydroxyl groups excluding tert-OH is 1. The molecule has 1 rings (SSSR count). The summed E-state index contributed by atoms with van der Waals surface area (Å²) in [7, 11) is 0. The Labute approximate surface area is 138 Å². The monoisotopic (exact) mass is 320 g/mol. The number of aliphatic hydroxyl groups is 1. The number of hydrogen-bond acceptors (Lipinski definition) is 3. The minimum atomic E-state index is -0.665. The Morgan fingerprint density at radius 1 is 1.09 bits per heavy atom. The van der Waals surface area contributed by atoms with E-state index in [1.165, 1.54) is 0 Å². The van der Waals surface area contributed by atoms with Crippen molar-refractivity contribution in [3.63, 3.8) is 0 Å². The van der Waals surface area contributed by atoms with Gasteiger partial charge in [0.2, 0.25) is 0 Å². The van der Waals surface area contributed by atoms with Crippen LogP contribution in [0.2, 0.25) is 0 Å². The fourth-order valence-electron chi connectivity index (χ4n) is 2.70. The molecule has 1 aromatic carbocycles. The second-order valence-electron chi connectivity index (χ2n) is 6.55. The number of carbonyl (C=O) groups is 2. The molecule has 3 N–H and O–H groups in total. The van der Waals surface area contributed by atoms with Gasteiger partial charge in [-0.25, -0.2) is 0 Å². The van der Waals surface area contributed by atoms with Crippen LogP contribution in [0.25, 0.3) is 0 Å². The third-order valence-corrected chi connectivity index (χ3v) is 3.58. The molecule has 0 saturated heterocycles. The van der Waals surface area contributed by atoms with Gasteiger partial charge in [-0.2, -0.15) is 0 Å². The first-order valence-corrected chi connectivity index (χ1v) is 8.10. The van der Waals surface area contributed by atoms with Crippen LogP contribution < -0.4 is 10.6 Å². The molecule has 2 amide bonds. The van der Waals surface area contributed by atoms with Gasteiger partial charge in [-0.15, -0.1) is 0 Å². The Hall–Kier alpha value is -1.88. The third kappa shape index (κ3) is 7.28. The summed E-state index contributed by atoms with van der Waals surface area (Å²) in [6.45, 7) is 8.56. The molecule has 128 valence electrons. The molecule has 0 aliphatic carbocycles. The smallest absolute Gasteiger partial charge is 0.313 e. The first-order valence-electron chi connectivity index (χ1n) is 8.10. The highest BCUT2D eigenvalue weighted by Gasteiger charge is 2.17. The second kappa shape index (κ2) is 9.30. The molecule has 0 radical (unpaired) electrons. The molecule has 23 heavy (non-hydrogen) atoms. The van der Waals surface area contributed by atoms with Crippen LogP contribution in [0.3, 0.4) is 0 Å². The van der Waals surface area contributed by atoms with Gasteiger partial charge in [-0.05, 0) is 61.8 Å². The lowest BCUT2D eigenvalue weighted by Gasteiger charge is -2.18. The zero-order valence-corrected chi connectivity index (χ0v) is 14.5. The van der Waals surface area contributed by atoms with E-state index in [0.29, 0.717) is 24.6 Å². The standard InChI is InChI=1S/C18H28N2O3/c1-12(2)7-15(5-6-21)11-19-17(22)18(23)20-16-9-13(3)8-14(4)10-16/h8-10,12,15,21H,5-7,11H2,1-4H3,(H,19,22)(H,20,23). The summed E-state index contributed by atoms with van der Waals surface area (Å²) in [5.41, 5.74) is 2.68. The number of benzene rings is 1. The summed E-state index contributed by atoms with van der Waals surface area (Å²) >= 11 is 0. The van der Waals surface area contributed by atoms with E-state index in [1.807, 2.05) is 32.0 Å². The highest BCUT2D eigenvalue weighted by atomic mass is 16.3. The topological polar surface area (TPSA) is 78.4 Å². The Bertz CT molecular complexity index is 521. The molecule has 1 unspecified atom stereocenters. The van der Waals surface area contributed by atoms with Gasteiger partial charge in [0.1, 0.15) is 0 Å². The zero-order chi connectivity index (χ0) is 17.4.